The first-order chi connectivity index (χ1) is 8.86. The fourth-order valence-electron chi connectivity index (χ4n) is 1.26. The number of pyridine rings is 1. The Morgan fingerprint density at radius 1 is 1.11 bits per heavy atom. The average Bonchev–Trinajstić information content (AvgIpc) is 2.32. The molecule has 0 N–H and O–H groups in total. The molecule has 2 aromatic rings. The zero-order chi connectivity index (χ0) is 14.0. The van der Waals surface area contributed by atoms with Crippen molar-refractivity contribution in [2.45, 2.75) is 16.0 Å². The van der Waals surface area contributed by atoms with Gasteiger partial charge in [-0.2, -0.15) is 13.2 Å². The van der Waals surface area contributed by atoms with Crippen molar-refractivity contribution < 1.29 is 22.0 Å². The van der Waals surface area contributed by atoms with Crippen LogP contribution in [0.5, 0.6) is 0 Å². The van der Waals surface area contributed by atoms with Crippen LogP contribution in [-0.4, -0.2) is 4.98 Å². The van der Waals surface area contributed by atoms with Crippen LogP contribution in [0.1, 0.15) is 5.56 Å². The van der Waals surface area contributed by atoms with Gasteiger partial charge in [0.2, 0.25) is 0 Å². The van der Waals surface area contributed by atoms with E-state index in [0.29, 0.717) is 24.0 Å². The predicted octanol–water partition coefficient (Wildman–Crippen LogP) is 4.33. The van der Waals surface area contributed by atoms with Gasteiger partial charge in [0.25, 0.3) is 0 Å². The van der Waals surface area contributed by atoms with Gasteiger partial charge in [-0.3, -0.25) is 4.98 Å². The van der Waals surface area contributed by atoms with E-state index in [4.69, 9.17) is 0 Å². The molecular formula is C12H5F5NS. The van der Waals surface area contributed by atoms with E-state index in [1.807, 2.05) is 0 Å². The molecule has 1 heterocycles. The maximum Gasteiger partial charge on any atom is 0.417 e. The molecule has 1 aromatic heterocycles. The van der Waals surface area contributed by atoms with Crippen LogP contribution in [0.4, 0.5) is 22.0 Å². The van der Waals surface area contributed by atoms with Gasteiger partial charge < -0.3 is 0 Å². The number of aromatic nitrogens is 1. The van der Waals surface area contributed by atoms with Crippen molar-refractivity contribution >= 4 is 11.8 Å². The highest BCUT2D eigenvalue weighted by molar-refractivity contribution is 7.99. The number of benzene rings is 1. The van der Waals surface area contributed by atoms with Crippen LogP contribution in [-0.2, 0) is 6.18 Å². The molecule has 0 amide bonds. The Hall–Kier alpha value is -1.63. The molecule has 0 bridgehead atoms. The summed E-state index contributed by atoms with van der Waals surface area (Å²) in [6.07, 6.45) is -1.58. The molecule has 19 heavy (non-hydrogen) atoms. The SMILES string of the molecule is Fc1ccc(Sc2[c]ncc(C(F)(F)F)c2)c(F)c1. The lowest BCUT2D eigenvalue weighted by Crippen LogP contribution is -2.05. The first-order valence-electron chi connectivity index (χ1n) is 4.94. The Bertz CT molecular complexity index is 597. The lowest BCUT2D eigenvalue weighted by atomic mass is 10.3. The Labute approximate surface area is 109 Å². The number of rotatable bonds is 2. The van der Waals surface area contributed by atoms with Crippen LogP contribution in [0.2, 0.25) is 0 Å². The van der Waals surface area contributed by atoms with Crippen LogP contribution >= 0.6 is 11.8 Å². The topological polar surface area (TPSA) is 12.9 Å². The smallest absolute Gasteiger partial charge is 0.253 e. The fraction of sp³-hybridized carbons (Fsp3) is 0.0833. The van der Waals surface area contributed by atoms with E-state index in [1.165, 1.54) is 0 Å². The standard InChI is InChI=1S/C12H5F5NS/c13-8-1-2-11(10(14)4-8)19-9-3-7(5-18-6-9)12(15,16)17/h1-5H. The minimum absolute atomic E-state index is 0.000308. The predicted molar refractivity (Wildman–Crippen MR) is 58.6 cm³/mol. The van der Waals surface area contributed by atoms with Gasteiger partial charge in [-0.05, 0) is 18.2 Å². The van der Waals surface area contributed by atoms with Crippen LogP contribution in [0.15, 0.2) is 40.3 Å². The highest BCUT2D eigenvalue weighted by atomic mass is 32.2. The summed E-state index contributed by atoms with van der Waals surface area (Å²) >= 11 is 0.693. The number of halogens is 5. The minimum Gasteiger partial charge on any atom is -0.253 e. The summed E-state index contributed by atoms with van der Waals surface area (Å²) < 4.78 is 63.4. The van der Waals surface area contributed by atoms with Gasteiger partial charge in [0.05, 0.1) is 5.56 Å². The van der Waals surface area contributed by atoms with Crippen molar-refractivity contribution in [3.8, 4) is 0 Å². The van der Waals surface area contributed by atoms with Crippen molar-refractivity contribution in [3.05, 3.63) is 53.9 Å². The molecule has 1 radical (unpaired) electrons. The molecule has 0 aliphatic carbocycles. The number of alkyl halides is 3. The lowest BCUT2D eigenvalue weighted by molar-refractivity contribution is -0.138. The minimum atomic E-state index is -4.53. The van der Waals surface area contributed by atoms with E-state index in [2.05, 4.69) is 11.2 Å². The van der Waals surface area contributed by atoms with Gasteiger partial charge in [0.15, 0.2) is 0 Å². The van der Waals surface area contributed by atoms with Gasteiger partial charge in [-0.15, -0.1) is 0 Å². The highest BCUT2D eigenvalue weighted by Crippen LogP contribution is 2.34. The molecule has 99 valence electrons. The summed E-state index contributed by atoms with van der Waals surface area (Å²) in [6, 6.07) is 3.62. The Morgan fingerprint density at radius 2 is 1.84 bits per heavy atom. The normalized spacial score (nSPS) is 11.6. The van der Waals surface area contributed by atoms with Gasteiger partial charge >= 0.3 is 6.18 Å². The largest absolute Gasteiger partial charge is 0.417 e. The molecule has 0 spiro atoms. The third kappa shape index (κ3) is 3.44. The lowest BCUT2D eigenvalue weighted by Gasteiger charge is -2.07. The summed E-state index contributed by atoms with van der Waals surface area (Å²) in [5, 5.41) is 0. The number of hydrogen-bond donors (Lipinski definition) is 0. The molecule has 7 heteroatoms. The fourth-order valence-corrected chi connectivity index (χ4v) is 2.07. The second kappa shape index (κ2) is 5.16. The third-order valence-electron chi connectivity index (χ3n) is 2.11. The van der Waals surface area contributed by atoms with E-state index < -0.39 is 23.4 Å². The zero-order valence-electron chi connectivity index (χ0n) is 9.13. The van der Waals surface area contributed by atoms with E-state index in [9.17, 15) is 22.0 Å². The summed E-state index contributed by atoms with van der Waals surface area (Å²) in [5.74, 6) is -1.61. The average molecular weight is 290 g/mol. The van der Waals surface area contributed by atoms with Gasteiger partial charge in [-0.25, -0.2) is 8.78 Å². The van der Waals surface area contributed by atoms with Crippen molar-refractivity contribution in [1.29, 1.82) is 0 Å². The molecule has 0 unspecified atom stereocenters. The zero-order valence-corrected chi connectivity index (χ0v) is 9.95. The maximum absolute atomic E-state index is 13.4. The summed E-state index contributed by atoms with van der Waals surface area (Å²) in [5.41, 5.74) is -0.948. The molecule has 1 nitrogen and oxygen atoms in total. The van der Waals surface area contributed by atoms with E-state index in [1.54, 1.807) is 0 Å². The van der Waals surface area contributed by atoms with Crippen molar-refractivity contribution in [2.24, 2.45) is 0 Å². The van der Waals surface area contributed by atoms with E-state index in [0.717, 1.165) is 18.2 Å². The number of nitrogens with zero attached hydrogens (tertiary/aromatic N) is 1. The second-order valence-corrected chi connectivity index (χ2v) is 4.59. The Balaban J connectivity index is 2.29. The highest BCUT2D eigenvalue weighted by Gasteiger charge is 2.31. The molecule has 0 saturated carbocycles. The second-order valence-electron chi connectivity index (χ2n) is 3.51. The van der Waals surface area contributed by atoms with Crippen LogP contribution < -0.4 is 0 Å². The first kappa shape index (κ1) is 13.8. The molecule has 0 atom stereocenters. The van der Waals surface area contributed by atoms with Crippen LogP contribution in [0.25, 0.3) is 0 Å². The molecule has 0 fully saturated rings. The van der Waals surface area contributed by atoms with Crippen molar-refractivity contribution in [2.75, 3.05) is 0 Å². The third-order valence-corrected chi connectivity index (χ3v) is 3.09. The first-order valence-corrected chi connectivity index (χ1v) is 5.76. The Morgan fingerprint density at radius 3 is 2.47 bits per heavy atom. The van der Waals surface area contributed by atoms with E-state index >= 15 is 0 Å². The summed E-state index contributed by atoms with van der Waals surface area (Å²) in [7, 11) is 0. The molecule has 0 saturated heterocycles. The van der Waals surface area contributed by atoms with E-state index in [-0.39, 0.29) is 9.79 Å². The molecule has 0 aliphatic rings. The summed E-state index contributed by atoms with van der Waals surface area (Å²) in [6.45, 7) is 0. The molecule has 1 aromatic carbocycles. The quantitative estimate of drug-likeness (QED) is 0.763. The molecule has 0 aliphatic heterocycles. The van der Waals surface area contributed by atoms with Gasteiger partial charge in [-0.1, -0.05) is 11.8 Å². The van der Waals surface area contributed by atoms with Gasteiger partial charge in [0, 0.05) is 22.1 Å². The summed E-state index contributed by atoms with van der Waals surface area (Å²) in [4.78, 5) is 3.33. The van der Waals surface area contributed by atoms with Crippen LogP contribution in [0, 0.1) is 17.8 Å². The maximum atomic E-state index is 13.4. The number of hydrogen-bond acceptors (Lipinski definition) is 2. The van der Waals surface area contributed by atoms with Crippen molar-refractivity contribution in [3.63, 3.8) is 0 Å². The van der Waals surface area contributed by atoms with Crippen molar-refractivity contribution in [1.82, 2.24) is 4.98 Å². The Kier molecular flexibility index (Phi) is 3.75. The van der Waals surface area contributed by atoms with Crippen LogP contribution in [0.3, 0.4) is 0 Å². The van der Waals surface area contributed by atoms with Gasteiger partial charge in [0.1, 0.15) is 17.8 Å². The monoisotopic (exact) mass is 290 g/mol. The molecular weight excluding hydrogens is 285 g/mol. The molecule has 2 rings (SSSR count).